The summed E-state index contributed by atoms with van der Waals surface area (Å²) >= 11 is 1.35. The SMILES string of the molecule is Cc1nc(-c2ccccn2)sc1C(=O)NC(c1ccccc1)c1ccccn1. The molecule has 0 fully saturated rings. The predicted octanol–water partition coefficient (Wildman–Crippen LogP) is 4.43. The topological polar surface area (TPSA) is 67.8 Å². The number of hydrogen-bond donors (Lipinski definition) is 1. The number of aryl methyl sites for hydroxylation is 1. The van der Waals surface area contributed by atoms with Crippen LogP contribution in [0.5, 0.6) is 0 Å². The molecule has 5 nitrogen and oxygen atoms in total. The lowest BCUT2D eigenvalue weighted by Crippen LogP contribution is -2.29. The van der Waals surface area contributed by atoms with E-state index in [0.29, 0.717) is 10.6 Å². The van der Waals surface area contributed by atoms with E-state index in [-0.39, 0.29) is 11.9 Å². The molecule has 0 spiro atoms. The molecule has 1 amide bonds. The van der Waals surface area contributed by atoms with Crippen molar-refractivity contribution >= 4 is 17.2 Å². The summed E-state index contributed by atoms with van der Waals surface area (Å²) < 4.78 is 0. The van der Waals surface area contributed by atoms with Crippen molar-refractivity contribution in [1.82, 2.24) is 20.3 Å². The van der Waals surface area contributed by atoms with Gasteiger partial charge in [-0.25, -0.2) is 4.98 Å². The average Bonchev–Trinajstić information content (AvgIpc) is 3.15. The van der Waals surface area contributed by atoms with Crippen LogP contribution in [-0.4, -0.2) is 20.9 Å². The summed E-state index contributed by atoms with van der Waals surface area (Å²) in [6.45, 7) is 1.84. The average molecular weight is 386 g/mol. The van der Waals surface area contributed by atoms with Gasteiger partial charge in [0.25, 0.3) is 5.91 Å². The van der Waals surface area contributed by atoms with Gasteiger partial charge in [0.1, 0.15) is 9.88 Å². The molecule has 3 aromatic heterocycles. The first-order chi connectivity index (χ1) is 13.7. The Morgan fingerprint density at radius 3 is 2.32 bits per heavy atom. The van der Waals surface area contributed by atoms with Gasteiger partial charge in [-0.3, -0.25) is 14.8 Å². The van der Waals surface area contributed by atoms with Gasteiger partial charge in [0.05, 0.1) is 23.1 Å². The Labute approximate surface area is 167 Å². The highest BCUT2D eigenvalue weighted by atomic mass is 32.1. The van der Waals surface area contributed by atoms with Crippen molar-refractivity contribution < 1.29 is 4.79 Å². The van der Waals surface area contributed by atoms with E-state index in [1.165, 1.54) is 11.3 Å². The molecule has 4 aromatic rings. The van der Waals surface area contributed by atoms with Gasteiger partial charge < -0.3 is 5.32 Å². The maximum absolute atomic E-state index is 13.1. The molecule has 6 heteroatoms. The first-order valence-electron chi connectivity index (χ1n) is 8.88. The van der Waals surface area contributed by atoms with Gasteiger partial charge in [-0.05, 0) is 36.8 Å². The summed E-state index contributed by atoms with van der Waals surface area (Å²) in [6.07, 6.45) is 3.45. The molecule has 28 heavy (non-hydrogen) atoms. The number of aromatic nitrogens is 3. The van der Waals surface area contributed by atoms with E-state index in [9.17, 15) is 4.79 Å². The fourth-order valence-corrected chi connectivity index (χ4v) is 3.87. The molecular formula is C22H18N4OS. The fourth-order valence-electron chi connectivity index (χ4n) is 2.92. The van der Waals surface area contributed by atoms with Gasteiger partial charge >= 0.3 is 0 Å². The molecule has 0 aliphatic carbocycles. The van der Waals surface area contributed by atoms with Gasteiger partial charge in [-0.1, -0.05) is 42.5 Å². The van der Waals surface area contributed by atoms with Crippen LogP contribution in [0.4, 0.5) is 0 Å². The molecule has 1 N–H and O–H groups in total. The number of hydrogen-bond acceptors (Lipinski definition) is 5. The van der Waals surface area contributed by atoms with E-state index in [1.807, 2.05) is 73.7 Å². The lowest BCUT2D eigenvalue weighted by atomic mass is 10.0. The van der Waals surface area contributed by atoms with Crippen molar-refractivity contribution in [2.45, 2.75) is 13.0 Å². The minimum atomic E-state index is -0.338. The van der Waals surface area contributed by atoms with Gasteiger partial charge in [-0.2, -0.15) is 0 Å². The smallest absolute Gasteiger partial charge is 0.264 e. The van der Waals surface area contributed by atoms with Crippen molar-refractivity contribution in [1.29, 1.82) is 0 Å². The van der Waals surface area contributed by atoms with Gasteiger partial charge in [0, 0.05) is 12.4 Å². The second-order valence-corrected chi connectivity index (χ2v) is 7.22. The summed E-state index contributed by atoms with van der Waals surface area (Å²) in [5.41, 5.74) is 3.21. The van der Waals surface area contributed by atoms with E-state index in [2.05, 4.69) is 20.3 Å². The standard InChI is InChI=1S/C22H18N4OS/c1-15-20(28-22(25-15)18-12-6-8-14-24-18)21(27)26-19(16-9-3-2-4-10-16)17-11-5-7-13-23-17/h2-14,19H,1H3,(H,26,27). The van der Waals surface area contributed by atoms with E-state index >= 15 is 0 Å². The Morgan fingerprint density at radius 2 is 1.64 bits per heavy atom. The molecule has 1 aromatic carbocycles. The maximum Gasteiger partial charge on any atom is 0.264 e. The lowest BCUT2D eigenvalue weighted by Gasteiger charge is -2.18. The molecule has 3 heterocycles. The summed E-state index contributed by atoms with van der Waals surface area (Å²) in [5, 5.41) is 3.85. The molecule has 0 saturated carbocycles. The number of thiazole rings is 1. The highest BCUT2D eigenvalue weighted by Crippen LogP contribution is 2.28. The molecule has 0 aliphatic rings. The summed E-state index contributed by atoms with van der Waals surface area (Å²) in [7, 11) is 0. The Balaban J connectivity index is 1.65. The van der Waals surface area contributed by atoms with Gasteiger partial charge in [-0.15, -0.1) is 11.3 Å². The number of carbonyl (C=O) groups is 1. The summed E-state index contributed by atoms with van der Waals surface area (Å²) in [5.74, 6) is -0.170. The molecular weight excluding hydrogens is 368 g/mol. The zero-order valence-corrected chi connectivity index (χ0v) is 16.1. The molecule has 0 bridgehead atoms. The molecule has 0 radical (unpaired) electrons. The number of pyridine rings is 2. The minimum Gasteiger partial charge on any atom is -0.339 e. The Hall–Kier alpha value is -3.38. The summed E-state index contributed by atoms with van der Waals surface area (Å²) in [6, 6.07) is 20.8. The first kappa shape index (κ1) is 18.0. The Morgan fingerprint density at radius 1 is 0.929 bits per heavy atom. The fraction of sp³-hybridized carbons (Fsp3) is 0.0909. The van der Waals surface area contributed by atoms with Crippen LogP contribution in [-0.2, 0) is 0 Å². The predicted molar refractivity (Wildman–Crippen MR) is 110 cm³/mol. The number of nitrogens with zero attached hydrogens (tertiary/aromatic N) is 3. The number of amides is 1. The monoisotopic (exact) mass is 386 g/mol. The highest BCUT2D eigenvalue weighted by Gasteiger charge is 2.22. The van der Waals surface area contributed by atoms with Crippen molar-refractivity contribution in [3.05, 3.63) is 101 Å². The van der Waals surface area contributed by atoms with Crippen molar-refractivity contribution in [3.63, 3.8) is 0 Å². The molecule has 1 atom stereocenters. The van der Waals surface area contributed by atoms with E-state index < -0.39 is 0 Å². The molecule has 138 valence electrons. The quantitative estimate of drug-likeness (QED) is 0.551. The maximum atomic E-state index is 13.1. The second kappa shape index (κ2) is 8.10. The zero-order chi connectivity index (χ0) is 19.3. The van der Waals surface area contributed by atoms with Crippen LogP contribution in [0.25, 0.3) is 10.7 Å². The molecule has 0 aliphatic heterocycles. The van der Waals surface area contributed by atoms with Gasteiger partial charge in [0.15, 0.2) is 0 Å². The summed E-state index contributed by atoms with van der Waals surface area (Å²) in [4.78, 5) is 27.0. The third-order valence-corrected chi connectivity index (χ3v) is 5.46. The van der Waals surface area contributed by atoms with Crippen LogP contribution < -0.4 is 5.32 Å². The lowest BCUT2D eigenvalue weighted by molar-refractivity contribution is 0.0945. The van der Waals surface area contributed by atoms with Gasteiger partial charge in [0.2, 0.25) is 0 Å². The molecule has 0 saturated heterocycles. The van der Waals surface area contributed by atoms with Crippen LogP contribution in [0.15, 0.2) is 79.1 Å². The van der Waals surface area contributed by atoms with Crippen molar-refractivity contribution in [3.8, 4) is 10.7 Å². The third kappa shape index (κ3) is 3.82. The zero-order valence-electron chi connectivity index (χ0n) is 15.2. The van der Waals surface area contributed by atoms with Crippen molar-refractivity contribution in [2.24, 2.45) is 0 Å². The van der Waals surface area contributed by atoms with Crippen LogP contribution in [0.2, 0.25) is 0 Å². The van der Waals surface area contributed by atoms with Crippen LogP contribution in [0.3, 0.4) is 0 Å². The second-order valence-electron chi connectivity index (χ2n) is 6.22. The Kier molecular flexibility index (Phi) is 5.21. The van der Waals surface area contributed by atoms with E-state index in [4.69, 9.17) is 0 Å². The highest BCUT2D eigenvalue weighted by molar-refractivity contribution is 7.17. The first-order valence-corrected chi connectivity index (χ1v) is 9.69. The van der Waals surface area contributed by atoms with Crippen LogP contribution >= 0.6 is 11.3 Å². The van der Waals surface area contributed by atoms with Crippen LogP contribution in [0, 0.1) is 6.92 Å². The minimum absolute atomic E-state index is 0.170. The Bertz CT molecular complexity index is 1030. The van der Waals surface area contributed by atoms with E-state index in [0.717, 1.165) is 22.0 Å². The normalized spacial score (nSPS) is 11.8. The van der Waals surface area contributed by atoms with Crippen molar-refractivity contribution in [2.75, 3.05) is 0 Å². The number of carbonyl (C=O) groups excluding carboxylic acids is 1. The molecule has 1 unspecified atom stereocenters. The number of benzene rings is 1. The third-order valence-electron chi connectivity index (χ3n) is 4.28. The number of rotatable bonds is 5. The molecule has 4 rings (SSSR count). The largest absolute Gasteiger partial charge is 0.339 e. The number of nitrogens with one attached hydrogen (secondary N) is 1. The van der Waals surface area contributed by atoms with Crippen LogP contribution in [0.1, 0.15) is 32.7 Å². The van der Waals surface area contributed by atoms with E-state index in [1.54, 1.807) is 12.4 Å².